The second-order valence-corrected chi connectivity index (χ2v) is 6.14. The molecule has 4 heteroatoms. The number of carbonyl (C=O) groups is 1. The molecule has 112 valence electrons. The van der Waals surface area contributed by atoms with Crippen LogP contribution in [0.25, 0.3) is 0 Å². The Hall–Kier alpha value is -1.55. The van der Waals surface area contributed by atoms with Gasteiger partial charge in [0, 0.05) is 5.69 Å². The summed E-state index contributed by atoms with van der Waals surface area (Å²) in [5, 5.41) is 2.83. The number of benzene rings is 1. The van der Waals surface area contributed by atoms with Crippen molar-refractivity contribution >= 4 is 11.6 Å². The van der Waals surface area contributed by atoms with E-state index < -0.39 is 6.04 Å². The number of nitrogens with one attached hydrogen (secondary N) is 1. The van der Waals surface area contributed by atoms with E-state index in [1.165, 1.54) is 0 Å². The quantitative estimate of drug-likeness (QED) is 0.869. The summed E-state index contributed by atoms with van der Waals surface area (Å²) in [7, 11) is 0. The predicted molar refractivity (Wildman–Crippen MR) is 82.9 cm³/mol. The van der Waals surface area contributed by atoms with E-state index in [1.807, 2.05) is 58.9 Å². The topological polar surface area (TPSA) is 64.4 Å². The van der Waals surface area contributed by atoms with E-state index in [-0.39, 0.29) is 17.4 Å². The van der Waals surface area contributed by atoms with Crippen molar-refractivity contribution in [3.05, 3.63) is 24.3 Å². The summed E-state index contributed by atoms with van der Waals surface area (Å²) < 4.78 is 5.73. The van der Waals surface area contributed by atoms with Crippen LogP contribution in [0.3, 0.4) is 0 Å². The smallest absolute Gasteiger partial charge is 0.241 e. The Labute approximate surface area is 121 Å². The van der Waals surface area contributed by atoms with Crippen LogP contribution in [-0.4, -0.2) is 17.6 Å². The van der Waals surface area contributed by atoms with E-state index in [2.05, 4.69) is 5.32 Å². The van der Waals surface area contributed by atoms with Gasteiger partial charge in [0.1, 0.15) is 11.4 Å². The van der Waals surface area contributed by atoms with Crippen molar-refractivity contribution < 1.29 is 9.53 Å². The van der Waals surface area contributed by atoms with Crippen LogP contribution in [0, 0.1) is 5.92 Å². The molecule has 1 amide bonds. The van der Waals surface area contributed by atoms with Gasteiger partial charge in [-0.2, -0.15) is 0 Å². The Morgan fingerprint density at radius 1 is 1.30 bits per heavy atom. The highest BCUT2D eigenvalue weighted by Crippen LogP contribution is 2.20. The Bertz CT molecular complexity index is 435. The maximum Gasteiger partial charge on any atom is 0.241 e. The third kappa shape index (κ3) is 5.21. The first-order chi connectivity index (χ1) is 9.23. The lowest BCUT2D eigenvalue weighted by molar-refractivity contribution is -0.118. The highest BCUT2D eigenvalue weighted by atomic mass is 16.5. The van der Waals surface area contributed by atoms with Crippen LogP contribution in [0.1, 0.15) is 41.0 Å². The summed E-state index contributed by atoms with van der Waals surface area (Å²) in [4.78, 5) is 12.0. The minimum atomic E-state index is -0.481. The molecule has 0 spiro atoms. The Balaban J connectivity index is 2.64. The third-order valence-corrected chi connectivity index (χ3v) is 3.11. The number of hydrogen-bond acceptors (Lipinski definition) is 3. The molecule has 20 heavy (non-hydrogen) atoms. The summed E-state index contributed by atoms with van der Waals surface area (Å²) in [5.41, 5.74) is 6.39. The normalized spacial score (nSPS) is 14.5. The number of anilines is 1. The van der Waals surface area contributed by atoms with Crippen LogP contribution in [0.5, 0.6) is 5.75 Å². The average Bonchev–Trinajstić information content (AvgIpc) is 2.37. The van der Waals surface area contributed by atoms with E-state index in [0.29, 0.717) is 0 Å². The fourth-order valence-electron chi connectivity index (χ4n) is 1.70. The molecule has 2 unspecified atom stereocenters. The lowest BCUT2D eigenvalue weighted by atomic mass is 9.99. The summed E-state index contributed by atoms with van der Waals surface area (Å²) in [6.45, 7) is 9.98. The lowest BCUT2D eigenvalue weighted by Crippen LogP contribution is -2.40. The largest absolute Gasteiger partial charge is 0.488 e. The fraction of sp³-hybridized carbons (Fsp3) is 0.562. The van der Waals surface area contributed by atoms with Crippen molar-refractivity contribution in [1.82, 2.24) is 0 Å². The first kappa shape index (κ1) is 16.5. The van der Waals surface area contributed by atoms with Gasteiger partial charge in [0.25, 0.3) is 0 Å². The maximum atomic E-state index is 12.0. The van der Waals surface area contributed by atoms with Gasteiger partial charge in [0.2, 0.25) is 5.91 Å². The minimum Gasteiger partial charge on any atom is -0.488 e. The van der Waals surface area contributed by atoms with Crippen LogP contribution >= 0.6 is 0 Å². The molecule has 0 saturated heterocycles. The summed E-state index contributed by atoms with van der Waals surface area (Å²) in [6, 6.07) is 6.85. The van der Waals surface area contributed by atoms with Gasteiger partial charge >= 0.3 is 0 Å². The van der Waals surface area contributed by atoms with Crippen molar-refractivity contribution in [3.63, 3.8) is 0 Å². The molecule has 1 aromatic rings. The number of amides is 1. The molecule has 0 fully saturated rings. The number of ether oxygens (including phenoxy) is 1. The van der Waals surface area contributed by atoms with Crippen molar-refractivity contribution in [3.8, 4) is 5.75 Å². The molecule has 1 aromatic carbocycles. The van der Waals surface area contributed by atoms with Gasteiger partial charge in [-0.25, -0.2) is 0 Å². The summed E-state index contributed by atoms with van der Waals surface area (Å²) in [6.07, 6.45) is 0.882. The molecular formula is C16H26N2O2. The first-order valence-corrected chi connectivity index (χ1v) is 7.08. The molecule has 3 N–H and O–H groups in total. The van der Waals surface area contributed by atoms with Crippen LogP contribution in [0.15, 0.2) is 24.3 Å². The molecule has 0 radical (unpaired) electrons. The Kier molecular flexibility index (Phi) is 5.57. The zero-order chi connectivity index (χ0) is 15.3. The van der Waals surface area contributed by atoms with Gasteiger partial charge in [-0.15, -0.1) is 0 Å². The molecule has 1 rings (SSSR count). The second-order valence-electron chi connectivity index (χ2n) is 6.14. The van der Waals surface area contributed by atoms with E-state index in [0.717, 1.165) is 17.9 Å². The van der Waals surface area contributed by atoms with Gasteiger partial charge in [0.15, 0.2) is 0 Å². The van der Waals surface area contributed by atoms with Gasteiger partial charge < -0.3 is 15.8 Å². The predicted octanol–water partition coefficient (Wildman–Crippen LogP) is 3.18. The van der Waals surface area contributed by atoms with Crippen LogP contribution in [-0.2, 0) is 4.79 Å². The second kappa shape index (κ2) is 6.75. The van der Waals surface area contributed by atoms with E-state index >= 15 is 0 Å². The molecule has 0 bridgehead atoms. The highest BCUT2D eigenvalue weighted by Gasteiger charge is 2.19. The van der Waals surface area contributed by atoms with Gasteiger partial charge in [-0.05, 0) is 51.0 Å². The lowest BCUT2D eigenvalue weighted by Gasteiger charge is -2.21. The third-order valence-electron chi connectivity index (χ3n) is 3.11. The molecule has 0 heterocycles. The van der Waals surface area contributed by atoms with Gasteiger partial charge in [-0.3, -0.25) is 4.79 Å². The van der Waals surface area contributed by atoms with Crippen molar-refractivity contribution in [1.29, 1.82) is 0 Å². The van der Waals surface area contributed by atoms with Crippen molar-refractivity contribution in [2.24, 2.45) is 11.7 Å². The zero-order valence-corrected chi connectivity index (χ0v) is 13.1. The molecule has 0 aliphatic rings. The Morgan fingerprint density at radius 3 is 2.30 bits per heavy atom. The SMILES string of the molecule is CCC(C)C(N)C(=O)Nc1ccc(OC(C)(C)C)cc1. The molecule has 0 saturated carbocycles. The molecular weight excluding hydrogens is 252 g/mol. The molecule has 0 aromatic heterocycles. The highest BCUT2D eigenvalue weighted by molar-refractivity contribution is 5.94. The van der Waals surface area contributed by atoms with E-state index in [9.17, 15) is 4.79 Å². The summed E-state index contributed by atoms with van der Waals surface area (Å²) in [5.74, 6) is 0.795. The van der Waals surface area contributed by atoms with E-state index in [4.69, 9.17) is 10.5 Å². The fourth-order valence-corrected chi connectivity index (χ4v) is 1.70. The zero-order valence-electron chi connectivity index (χ0n) is 13.1. The monoisotopic (exact) mass is 278 g/mol. The number of carbonyl (C=O) groups excluding carboxylic acids is 1. The molecule has 4 nitrogen and oxygen atoms in total. The van der Waals surface area contributed by atoms with Gasteiger partial charge in [0.05, 0.1) is 6.04 Å². The van der Waals surface area contributed by atoms with Crippen LogP contribution in [0.2, 0.25) is 0 Å². The summed E-state index contributed by atoms with van der Waals surface area (Å²) >= 11 is 0. The molecule has 0 aliphatic heterocycles. The minimum absolute atomic E-state index is 0.149. The van der Waals surface area contributed by atoms with E-state index in [1.54, 1.807) is 0 Å². The maximum absolute atomic E-state index is 12.0. The first-order valence-electron chi connectivity index (χ1n) is 7.08. The Morgan fingerprint density at radius 2 is 1.85 bits per heavy atom. The average molecular weight is 278 g/mol. The van der Waals surface area contributed by atoms with Crippen LogP contribution < -0.4 is 15.8 Å². The molecule has 2 atom stereocenters. The number of nitrogens with two attached hydrogens (primary N) is 1. The van der Waals surface area contributed by atoms with Crippen molar-refractivity contribution in [2.75, 3.05) is 5.32 Å². The number of hydrogen-bond donors (Lipinski definition) is 2. The standard InChI is InChI=1S/C16H26N2O2/c1-6-11(2)14(17)15(19)18-12-7-9-13(10-8-12)20-16(3,4)5/h7-11,14H,6,17H2,1-5H3,(H,18,19). The van der Waals surface area contributed by atoms with Gasteiger partial charge in [-0.1, -0.05) is 20.3 Å². The molecule has 0 aliphatic carbocycles. The van der Waals surface area contributed by atoms with Crippen LogP contribution in [0.4, 0.5) is 5.69 Å². The number of rotatable bonds is 5. The van der Waals surface area contributed by atoms with Crippen molar-refractivity contribution in [2.45, 2.75) is 52.7 Å².